The summed E-state index contributed by atoms with van der Waals surface area (Å²) in [6.45, 7) is 0. The summed E-state index contributed by atoms with van der Waals surface area (Å²) < 4.78 is 37.0. The maximum absolute atomic E-state index is 12.3. The lowest BCUT2D eigenvalue weighted by Crippen LogP contribution is -2.15. The van der Waals surface area contributed by atoms with Gasteiger partial charge < -0.3 is 11.1 Å². The normalized spacial score (nSPS) is 11.2. The number of anilines is 2. The Morgan fingerprint density at radius 3 is 2.50 bits per heavy atom. The first-order valence-corrected chi connectivity index (χ1v) is 5.42. The Morgan fingerprint density at radius 1 is 1.20 bits per heavy atom. The highest BCUT2D eigenvalue weighted by Crippen LogP contribution is 2.27. The lowest BCUT2D eigenvalue weighted by molar-refractivity contribution is -0.141. The molecular formula is C12H9F3N4O. The van der Waals surface area contributed by atoms with Crippen molar-refractivity contribution in [3.8, 4) is 0 Å². The van der Waals surface area contributed by atoms with Crippen molar-refractivity contribution in [3.05, 3.63) is 48.0 Å². The zero-order valence-corrected chi connectivity index (χ0v) is 9.98. The number of pyridine rings is 2. The van der Waals surface area contributed by atoms with Gasteiger partial charge in [0.1, 0.15) is 11.4 Å². The van der Waals surface area contributed by atoms with Crippen LogP contribution in [0.15, 0.2) is 36.7 Å². The van der Waals surface area contributed by atoms with Gasteiger partial charge in [0, 0.05) is 11.9 Å². The molecule has 2 rings (SSSR count). The average molecular weight is 282 g/mol. The maximum Gasteiger partial charge on any atom is 0.433 e. The minimum atomic E-state index is -4.52. The minimum Gasteiger partial charge on any atom is -0.399 e. The lowest BCUT2D eigenvalue weighted by Gasteiger charge is -2.07. The Labute approximate surface area is 111 Å². The van der Waals surface area contributed by atoms with Gasteiger partial charge in [-0.05, 0) is 24.3 Å². The number of halogens is 3. The van der Waals surface area contributed by atoms with Gasteiger partial charge in [0.15, 0.2) is 0 Å². The van der Waals surface area contributed by atoms with E-state index in [2.05, 4.69) is 15.3 Å². The zero-order valence-electron chi connectivity index (χ0n) is 9.98. The smallest absolute Gasteiger partial charge is 0.399 e. The quantitative estimate of drug-likeness (QED) is 0.885. The summed E-state index contributed by atoms with van der Waals surface area (Å²) in [5.41, 5.74) is 5.02. The minimum absolute atomic E-state index is 0.0601. The fourth-order valence-corrected chi connectivity index (χ4v) is 1.40. The van der Waals surface area contributed by atoms with E-state index in [1.165, 1.54) is 18.3 Å². The van der Waals surface area contributed by atoms with E-state index < -0.39 is 17.8 Å². The number of hydrogen-bond donors (Lipinski definition) is 2. The van der Waals surface area contributed by atoms with Crippen LogP contribution in [0.2, 0.25) is 0 Å². The summed E-state index contributed by atoms with van der Waals surface area (Å²) in [4.78, 5) is 18.8. The molecule has 1 amide bonds. The third kappa shape index (κ3) is 3.22. The summed E-state index contributed by atoms with van der Waals surface area (Å²) in [6.07, 6.45) is -2.24. The van der Waals surface area contributed by atoms with Gasteiger partial charge in [-0.15, -0.1) is 0 Å². The fourth-order valence-electron chi connectivity index (χ4n) is 1.40. The Bertz CT molecular complexity index is 625. The van der Waals surface area contributed by atoms with Gasteiger partial charge in [-0.25, -0.2) is 4.98 Å². The average Bonchev–Trinajstić information content (AvgIpc) is 2.38. The molecule has 20 heavy (non-hydrogen) atoms. The molecule has 3 N–H and O–H groups in total. The van der Waals surface area contributed by atoms with E-state index in [1.54, 1.807) is 0 Å². The number of rotatable bonds is 2. The number of nitrogens with one attached hydrogen (secondary N) is 1. The zero-order chi connectivity index (χ0) is 14.8. The van der Waals surface area contributed by atoms with Gasteiger partial charge in [-0.2, -0.15) is 13.2 Å². The number of carbonyl (C=O) groups is 1. The first-order chi connectivity index (χ1) is 9.36. The van der Waals surface area contributed by atoms with Gasteiger partial charge in [-0.1, -0.05) is 0 Å². The van der Waals surface area contributed by atoms with E-state index in [0.717, 1.165) is 18.3 Å². The molecule has 0 radical (unpaired) electrons. The topological polar surface area (TPSA) is 80.9 Å². The molecule has 0 fully saturated rings. The largest absolute Gasteiger partial charge is 0.433 e. The van der Waals surface area contributed by atoms with Crippen LogP contribution in [0.25, 0.3) is 0 Å². The summed E-state index contributed by atoms with van der Waals surface area (Å²) in [6, 6.07) is 4.76. The first-order valence-electron chi connectivity index (χ1n) is 5.42. The molecule has 0 spiro atoms. The fraction of sp³-hybridized carbons (Fsp3) is 0.0833. The molecule has 0 unspecified atom stereocenters. The van der Waals surface area contributed by atoms with Crippen molar-refractivity contribution in [2.45, 2.75) is 6.18 Å². The summed E-state index contributed by atoms with van der Waals surface area (Å²) in [7, 11) is 0. The number of amides is 1. The predicted molar refractivity (Wildman–Crippen MR) is 65.8 cm³/mol. The Balaban J connectivity index is 2.12. The van der Waals surface area contributed by atoms with Crippen LogP contribution in [0.1, 0.15) is 16.2 Å². The molecule has 2 heterocycles. The van der Waals surface area contributed by atoms with Crippen molar-refractivity contribution in [3.63, 3.8) is 0 Å². The summed E-state index contributed by atoms with van der Waals surface area (Å²) >= 11 is 0. The van der Waals surface area contributed by atoms with E-state index in [9.17, 15) is 18.0 Å². The number of nitrogens with zero attached hydrogens (tertiary/aromatic N) is 2. The van der Waals surface area contributed by atoms with Gasteiger partial charge in [0.25, 0.3) is 5.91 Å². The Hall–Kier alpha value is -2.64. The van der Waals surface area contributed by atoms with Gasteiger partial charge in [-0.3, -0.25) is 9.78 Å². The van der Waals surface area contributed by atoms with Crippen LogP contribution in [0.4, 0.5) is 24.5 Å². The molecule has 0 atom stereocenters. The molecule has 104 valence electrons. The second-order valence-electron chi connectivity index (χ2n) is 3.86. The predicted octanol–water partition coefficient (Wildman–Crippen LogP) is 2.33. The standard InChI is InChI=1S/C12H9F3N4O/c13-12(14,15)10-2-1-8(6-18-10)19-11(20)9-5-7(16)3-4-17-9/h1-6H,(H2,16,17)(H,19,20). The maximum atomic E-state index is 12.3. The molecule has 0 aromatic carbocycles. The van der Waals surface area contributed by atoms with E-state index in [1.807, 2.05) is 0 Å². The molecule has 2 aromatic heterocycles. The van der Waals surface area contributed by atoms with E-state index in [4.69, 9.17) is 5.73 Å². The summed E-state index contributed by atoms with van der Waals surface area (Å²) in [5.74, 6) is -0.584. The molecule has 0 saturated carbocycles. The van der Waals surface area contributed by atoms with Crippen molar-refractivity contribution in [2.75, 3.05) is 11.1 Å². The van der Waals surface area contributed by atoms with Gasteiger partial charge >= 0.3 is 6.18 Å². The van der Waals surface area contributed by atoms with Crippen molar-refractivity contribution < 1.29 is 18.0 Å². The highest BCUT2D eigenvalue weighted by Gasteiger charge is 2.32. The third-order valence-electron chi connectivity index (χ3n) is 2.33. The highest BCUT2D eigenvalue weighted by molar-refractivity contribution is 6.03. The molecule has 0 saturated heterocycles. The van der Waals surface area contributed by atoms with Crippen LogP contribution in [-0.4, -0.2) is 15.9 Å². The van der Waals surface area contributed by atoms with Crippen LogP contribution in [-0.2, 0) is 6.18 Å². The van der Waals surface area contributed by atoms with Crippen LogP contribution >= 0.6 is 0 Å². The van der Waals surface area contributed by atoms with Gasteiger partial charge in [0.2, 0.25) is 0 Å². The number of hydrogen-bond acceptors (Lipinski definition) is 4. The molecule has 0 aliphatic rings. The number of alkyl halides is 3. The van der Waals surface area contributed by atoms with Gasteiger partial charge in [0.05, 0.1) is 11.9 Å². The molecule has 2 aromatic rings. The van der Waals surface area contributed by atoms with Crippen LogP contribution in [0, 0.1) is 0 Å². The van der Waals surface area contributed by atoms with Crippen molar-refractivity contribution >= 4 is 17.3 Å². The van der Waals surface area contributed by atoms with E-state index in [-0.39, 0.29) is 11.4 Å². The molecular weight excluding hydrogens is 273 g/mol. The van der Waals surface area contributed by atoms with E-state index >= 15 is 0 Å². The first kappa shape index (κ1) is 13.8. The Kier molecular flexibility index (Phi) is 3.55. The molecule has 0 bridgehead atoms. The second kappa shape index (κ2) is 5.16. The molecule has 0 aliphatic carbocycles. The van der Waals surface area contributed by atoms with Crippen LogP contribution in [0.5, 0.6) is 0 Å². The third-order valence-corrected chi connectivity index (χ3v) is 2.33. The van der Waals surface area contributed by atoms with Crippen molar-refractivity contribution in [2.24, 2.45) is 0 Å². The number of nitrogens with two attached hydrogens (primary N) is 1. The molecule has 8 heteroatoms. The van der Waals surface area contributed by atoms with E-state index in [0.29, 0.717) is 5.69 Å². The van der Waals surface area contributed by atoms with Crippen molar-refractivity contribution in [1.29, 1.82) is 0 Å². The molecule has 0 aliphatic heterocycles. The highest BCUT2D eigenvalue weighted by atomic mass is 19.4. The van der Waals surface area contributed by atoms with Crippen LogP contribution in [0.3, 0.4) is 0 Å². The Morgan fingerprint density at radius 2 is 1.95 bits per heavy atom. The number of carbonyl (C=O) groups excluding carboxylic acids is 1. The number of aromatic nitrogens is 2. The van der Waals surface area contributed by atoms with Crippen LogP contribution < -0.4 is 11.1 Å². The summed E-state index contributed by atoms with van der Waals surface area (Å²) in [5, 5.41) is 2.38. The second-order valence-corrected chi connectivity index (χ2v) is 3.86. The number of nitrogen functional groups attached to an aromatic ring is 1. The lowest BCUT2D eigenvalue weighted by atomic mass is 10.3. The SMILES string of the molecule is Nc1ccnc(C(=O)Nc2ccc(C(F)(F)F)nc2)c1. The molecule has 5 nitrogen and oxygen atoms in total. The van der Waals surface area contributed by atoms with Crippen molar-refractivity contribution in [1.82, 2.24) is 9.97 Å². The monoisotopic (exact) mass is 282 g/mol.